The van der Waals surface area contributed by atoms with Crippen LogP contribution in [0.2, 0.25) is 0 Å². The fraction of sp³-hybridized carbons (Fsp3) is 0. The molecule has 0 aliphatic heterocycles. The second kappa shape index (κ2) is 6.54. The maximum absolute atomic E-state index is 13.4. The lowest BCUT2D eigenvalue weighted by Gasteiger charge is -2.02. The van der Waals surface area contributed by atoms with E-state index in [2.05, 4.69) is 31.2 Å². The van der Waals surface area contributed by atoms with Gasteiger partial charge in [-0.15, -0.1) is 11.3 Å². The van der Waals surface area contributed by atoms with Crippen LogP contribution in [0.5, 0.6) is 0 Å². The number of nitrogens with zero attached hydrogens (tertiary/aromatic N) is 1. The van der Waals surface area contributed by atoms with Gasteiger partial charge in [0.2, 0.25) is 0 Å². The van der Waals surface area contributed by atoms with E-state index in [1.54, 1.807) is 17.6 Å². The van der Waals surface area contributed by atoms with Crippen LogP contribution in [0, 0.1) is 5.82 Å². The Balaban J connectivity index is 1.78. The van der Waals surface area contributed by atoms with Gasteiger partial charge in [-0.1, -0.05) is 15.9 Å². The van der Waals surface area contributed by atoms with Crippen molar-refractivity contribution in [1.29, 1.82) is 0 Å². The molecule has 4 N–H and O–H groups in total. The van der Waals surface area contributed by atoms with Crippen molar-refractivity contribution in [2.24, 2.45) is 5.73 Å². The first-order valence-corrected chi connectivity index (χ1v) is 8.31. The SMILES string of the molecule is NC(=O)c1cc(-c2csc(NC(=O)c3cc(F)cc(Br)c3)n2)c[nH]1. The van der Waals surface area contributed by atoms with Crippen molar-refractivity contribution >= 4 is 44.2 Å². The average molecular weight is 409 g/mol. The molecular formula is C15H10BrFN4O2S. The molecule has 0 spiro atoms. The van der Waals surface area contributed by atoms with E-state index in [0.717, 1.165) is 6.07 Å². The van der Waals surface area contributed by atoms with Gasteiger partial charge in [-0.25, -0.2) is 9.37 Å². The molecule has 0 aliphatic rings. The van der Waals surface area contributed by atoms with Gasteiger partial charge in [0, 0.05) is 27.2 Å². The monoisotopic (exact) mass is 408 g/mol. The number of carbonyl (C=O) groups is 2. The lowest BCUT2D eigenvalue weighted by Crippen LogP contribution is -2.12. The predicted molar refractivity (Wildman–Crippen MR) is 92.5 cm³/mol. The molecule has 3 aromatic rings. The summed E-state index contributed by atoms with van der Waals surface area (Å²) < 4.78 is 13.8. The van der Waals surface area contributed by atoms with E-state index < -0.39 is 17.6 Å². The van der Waals surface area contributed by atoms with Gasteiger partial charge in [0.15, 0.2) is 5.13 Å². The molecule has 122 valence electrons. The quantitative estimate of drug-likeness (QED) is 0.616. The summed E-state index contributed by atoms with van der Waals surface area (Å²) in [6.07, 6.45) is 1.60. The van der Waals surface area contributed by atoms with Crippen molar-refractivity contribution in [3.8, 4) is 11.3 Å². The number of nitrogens with one attached hydrogen (secondary N) is 2. The molecule has 9 heteroatoms. The third-order valence-corrected chi connectivity index (χ3v) is 4.31. The van der Waals surface area contributed by atoms with Crippen LogP contribution < -0.4 is 11.1 Å². The number of aromatic nitrogens is 2. The minimum Gasteiger partial charge on any atom is -0.364 e. The Morgan fingerprint density at radius 2 is 2.08 bits per heavy atom. The third kappa shape index (κ3) is 3.52. The molecule has 6 nitrogen and oxygen atoms in total. The number of anilines is 1. The molecule has 24 heavy (non-hydrogen) atoms. The van der Waals surface area contributed by atoms with Crippen LogP contribution in [0.4, 0.5) is 9.52 Å². The molecule has 0 aliphatic carbocycles. The first-order chi connectivity index (χ1) is 11.4. The lowest BCUT2D eigenvalue weighted by atomic mass is 10.2. The van der Waals surface area contributed by atoms with Gasteiger partial charge in [0.25, 0.3) is 11.8 Å². The maximum Gasteiger partial charge on any atom is 0.265 e. The van der Waals surface area contributed by atoms with E-state index in [4.69, 9.17) is 5.73 Å². The minimum atomic E-state index is -0.568. The van der Waals surface area contributed by atoms with Crippen molar-refractivity contribution in [2.75, 3.05) is 5.32 Å². The van der Waals surface area contributed by atoms with Gasteiger partial charge >= 0.3 is 0 Å². The van der Waals surface area contributed by atoms with Crippen LogP contribution in [0.15, 0.2) is 40.3 Å². The van der Waals surface area contributed by atoms with Crippen molar-refractivity contribution < 1.29 is 14.0 Å². The molecule has 2 amide bonds. The van der Waals surface area contributed by atoms with E-state index in [0.29, 0.717) is 20.9 Å². The fourth-order valence-corrected chi connectivity index (χ4v) is 3.18. The number of H-pyrrole nitrogens is 1. The Bertz CT molecular complexity index is 917. The molecule has 0 bridgehead atoms. The Morgan fingerprint density at radius 3 is 2.75 bits per heavy atom. The number of thiazole rings is 1. The summed E-state index contributed by atoms with van der Waals surface area (Å²) in [4.78, 5) is 30.3. The van der Waals surface area contributed by atoms with Crippen LogP contribution in [0.25, 0.3) is 11.3 Å². The average Bonchev–Trinajstić information content (AvgIpc) is 3.14. The van der Waals surface area contributed by atoms with Crippen molar-refractivity contribution in [2.45, 2.75) is 0 Å². The highest BCUT2D eigenvalue weighted by atomic mass is 79.9. The molecule has 0 unspecified atom stereocenters. The molecule has 3 rings (SSSR count). The number of rotatable bonds is 4. The molecule has 0 saturated heterocycles. The largest absolute Gasteiger partial charge is 0.364 e. The van der Waals surface area contributed by atoms with Crippen molar-refractivity contribution in [1.82, 2.24) is 9.97 Å². The topological polar surface area (TPSA) is 101 Å². The second-order valence-corrected chi connectivity index (χ2v) is 6.59. The minimum absolute atomic E-state index is 0.177. The summed E-state index contributed by atoms with van der Waals surface area (Å²) in [5, 5.41) is 4.70. The number of carbonyl (C=O) groups excluding carboxylic acids is 2. The van der Waals surface area contributed by atoms with E-state index in [1.807, 2.05) is 0 Å². The highest BCUT2D eigenvalue weighted by Crippen LogP contribution is 2.26. The van der Waals surface area contributed by atoms with Crippen LogP contribution in [-0.4, -0.2) is 21.8 Å². The molecule has 1 aromatic carbocycles. The normalized spacial score (nSPS) is 10.6. The lowest BCUT2D eigenvalue weighted by molar-refractivity contribution is 0.0994. The fourth-order valence-electron chi connectivity index (χ4n) is 2.00. The molecule has 0 radical (unpaired) electrons. The first kappa shape index (κ1) is 16.3. The number of hydrogen-bond donors (Lipinski definition) is 3. The van der Waals surface area contributed by atoms with E-state index in [1.165, 1.54) is 23.5 Å². The number of halogens is 2. The van der Waals surface area contributed by atoms with Crippen LogP contribution in [-0.2, 0) is 0 Å². The zero-order valence-corrected chi connectivity index (χ0v) is 14.4. The summed E-state index contributed by atoms with van der Waals surface area (Å²) in [6, 6.07) is 5.49. The number of benzene rings is 1. The molecular weight excluding hydrogens is 399 g/mol. The standard InChI is InChI=1S/C15H10BrFN4O2S/c16-9-1-7(2-10(17)4-9)14(23)21-15-20-12(6-24-15)8-3-11(13(18)22)19-5-8/h1-6,19H,(H2,18,22)(H,20,21,23). The summed E-state index contributed by atoms with van der Waals surface area (Å²) in [7, 11) is 0. The Morgan fingerprint density at radius 1 is 1.29 bits per heavy atom. The highest BCUT2D eigenvalue weighted by molar-refractivity contribution is 9.10. The van der Waals surface area contributed by atoms with Gasteiger partial charge in [0.1, 0.15) is 11.5 Å². The Hall–Kier alpha value is -2.52. The third-order valence-electron chi connectivity index (χ3n) is 3.09. The molecule has 2 aromatic heterocycles. The van der Waals surface area contributed by atoms with Crippen LogP contribution in [0.3, 0.4) is 0 Å². The zero-order chi connectivity index (χ0) is 17.3. The maximum atomic E-state index is 13.4. The van der Waals surface area contributed by atoms with E-state index in [-0.39, 0.29) is 11.3 Å². The molecule has 0 fully saturated rings. The van der Waals surface area contributed by atoms with E-state index >= 15 is 0 Å². The predicted octanol–water partition coefficient (Wildman–Crippen LogP) is 3.39. The Kier molecular flexibility index (Phi) is 4.45. The first-order valence-electron chi connectivity index (χ1n) is 6.64. The van der Waals surface area contributed by atoms with Crippen LogP contribution >= 0.6 is 27.3 Å². The van der Waals surface area contributed by atoms with Crippen LogP contribution in [0.1, 0.15) is 20.8 Å². The number of aromatic amines is 1. The summed E-state index contributed by atoms with van der Waals surface area (Å²) >= 11 is 4.36. The van der Waals surface area contributed by atoms with Gasteiger partial charge < -0.3 is 10.7 Å². The summed E-state index contributed by atoms with van der Waals surface area (Å²) in [5.74, 6) is -1.55. The van der Waals surface area contributed by atoms with Gasteiger partial charge in [-0.3, -0.25) is 14.9 Å². The van der Waals surface area contributed by atoms with Crippen molar-refractivity contribution in [3.05, 3.63) is 57.4 Å². The van der Waals surface area contributed by atoms with Crippen molar-refractivity contribution in [3.63, 3.8) is 0 Å². The second-order valence-electron chi connectivity index (χ2n) is 4.82. The van der Waals surface area contributed by atoms with Gasteiger partial charge in [-0.2, -0.15) is 0 Å². The zero-order valence-electron chi connectivity index (χ0n) is 12.0. The number of amides is 2. The highest BCUT2D eigenvalue weighted by Gasteiger charge is 2.13. The molecule has 2 heterocycles. The van der Waals surface area contributed by atoms with E-state index in [9.17, 15) is 14.0 Å². The summed E-state index contributed by atoms with van der Waals surface area (Å²) in [5.41, 5.74) is 6.89. The Labute approximate surface area is 148 Å². The smallest absolute Gasteiger partial charge is 0.265 e. The van der Waals surface area contributed by atoms with Gasteiger partial charge in [-0.05, 0) is 24.3 Å². The van der Waals surface area contributed by atoms with Gasteiger partial charge in [0.05, 0.1) is 5.69 Å². The summed E-state index contributed by atoms with van der Waals surface area (Å²) in [6.45, 7) is 0. The number of primary amides is 1. The molecule has 0 saturated carbocycles. The number of hydrogen-bond acceptors (Lipinski definition) is 4. The number of nitrogens with two attached hydrogens (primary N) is 1. The molecule has 0 atom stereocenters.